The molecule has 1 aliphatic rings. The van der Waals surface area contributed by atoms with E-state index in [1.54, 1.807) is 6.07 Å². The van der Waals surface area contributed by atoms with E-state index >= 15 is 0 Å². The fraction of sp³-hybridized carbons (Fsp3) is 0.250. The van der Waals surface area contributed by atoms with Crippen LogP contribution in [-0.2, 0) is 0 Å². The van der Waals surface area contributed by atoms with Crippen LogP contribution in [-0.4, -0.2) is 6.61 Å². The van der Waals surface area contributed by atoms with Crippen LogP contribution >= 0.6 is 22.6 Å². The lowest BCUT2D eigenvalue weighted by Crippen LogP contribution is -2.11. The molecule has 0 spiro atoms. The lowest BCUT2D eigenvalue weighted by atomic mass is 10.1. The second-order valence-corrected chi connectivity index (χ2v) is 3.85. The zero-order valence-electron chi connectivity index (χ0n) is 6.18. The lowest BCUT2D eigenvalue weighted by Gasteiger charge is -2.03. The van der Waals surface area contributed by atoms with E-state index in [0.29, 0.717) is 12.4 Å². The van der Waals surface area contributed by atoms with Crippen LogP contribution in [0.1, 0.15) is 11.6 Å². The zero-order valence-corrected chi connectivity index (χ0v) is 8.34. The number of halogens is 2. The highest BCUT2D eigenvalue weighted by Crippen LogP contribution is 2.36. The van der Waals surface area contributed by atoms with Crippen LogP contribution in [0, 0.1) is 9.39 Å². The molecular weight excluding hydrogens is 272 g/mol. The molecule has 0 radical (unpaired) electrons. The fourth-order valence-corrected chi connectivity index (χ4v) is 2.12. The molecule has 2 rings (SSSR count). The molecule has 64 valence electrons. The Morgan fingerprint density at radius 2 is 2.33 bits per heavy atom. The van der Waals surface area contributed by atoms with Crippen molar-refractivity contribution < 1.29 is 9.13 Å². The van der Waals surface area contributed by atoms with Gasteiger partial charge in [-0.15, -0.1) is 0 Å². The molecule has 0 fully saturated rings. The summed E-state index contributed by atoms with van der Waals surface area (Å²) in [6.07, 6.45) is 0. The van der Waals surface area contributed by atoms with Gasteiger partial charge in [-0.25, -0.2) is 4.39 Å². The maximum Gasteiger partial charge on any atom is 0.165 e. The minimum atomic E-state index is -0.321. The van der Waals surface area contributed by atoms with Crippen molar-refractivity contribution in [3.8, 4) is 5.75 Å². The maximum atomic E-state index is 13.1. The van der Waals surface area contributed by atoms with Gasteiger partial charge in [0.1, 0.15) is 6.61 Å². The van der Waals surface area contributed by atoms with E-state index in [0.717, 1.165) is 9.13 Å². The molecule has 2 nitrogen and oxygen atoms in total. The Labute approximate surface area is 83.0 Å². The Kier molecular flexibility index (Phi) is 1.96. The van der Waals surface area contributed by atoms with Gasteiger partial charge in [-0.05, 0) is 34.7 Å². The number of fused-ring (bicyclic) bond motifs is 1. The molecule has 1 aliphatic heterocycles. The van der Waals surface area contributed by atoms with Crippen molar-refractivity contribution in [3.05, 3.63) is 27.1 Å². The van der Waals surface area contributed by atoms with Gasteiger partial charge in [-0.2, -0.15) is 0 Å². The SMILES string of the molecule is N[C@@H]1COc2c(F)ccc(I)c21. The predicted molar refractivity (Wildman–Crippen MR) is 51.5 cm³/mol. The fourth-order valence-electron chi connectivity index (χ4n) is 1.30. The van der Waals surface area contributed by atoms with E-state index in [1.807, 2.05) is 0 Å². The van der Waals surface area contributed by atoms with E-state index in [2.05, 4.69) is 22.6 Å². The Balaban J connectivity index is 2.64. The standard InChI is InChI=1S/C8H7FINO/c9-4-1-2-5(10)7-6(11)3-12-8(4)7/h1-2,6H,3,11H2/t6-/m1/s1. The summed E-state index contributed by atoms with van der Waals surface area (Å²) < 4.78 is 19.1. The quantitative estimate of drug-likeness (QED) is 0.735. The van der Waals surface area contributed by atoms with Gasteiger partial charge in [0.05, 0.1) is 6.04 Å². The molecule has 2 N–H and O–H groups in total. The maximum absolute atomic E-state index is 13.1. The topological polar surface area (TPSA) is 35.2 Å². The lowest BCUT2D eigenvalue weighted by molar-refractivity contribution is 0.319. The van der Waals surface area contributed by atoms with Gasteiger partial charge in [-0.1, -0.05) is 0 Å². The number of hydrogen-bond donors (Lipinski definition) is 1. The average molecular weight is 279 g/mol. The second-order valence-electron chi connectivity index (χ2n) is 2.69. The first-order chi connectivity index (χ1) is 5.70. The van der Waals surface area contributed by atoms with Crippen LogP contribution in [0.4, 0.5) is 4.39 Å². The van der Waals surface area contributed by atoms with E-state index in [4.69, 9.17) is 10.5 Å². The van der Waals surface area contributed by atoms with Gasteiger partial charge in [0, 0.05) is 9.13 Å². The van der Waals surface area contributed by atoms with Crippen molar-refractivity contribution in [1.82, 2.24) is 0 Å². The van der Waals surface area contributed by atoms with Gasteiger partial charge in [0.15, 0.2) is 11.6 Å². The van der Waals surface area contributed by atoms with Crippen LogP contribution in [0.3, 0.4) is 0 Å². The Morgan fingerprint density at radius 1 is 1.58 bits per heavy atom. The molecule has 0 amide bonds. The van der Waals surface area contributed by atoms with E-state index in [-0.39, 0.29) is 11.9 Å². The van der Waals surface area contributed by atoms with Gasteiger partial charge < -0.3 is 10.5 Å². The molecule has 1 heterocycles. The first-order valence-electron chi connectivity index (χ1n) is 3.56. The molecule has 0 bridgehead atoms. The molecule has 12 heavy (non-hydrogen) atoms. The normalized spacial score (nSPS) is 20.4. The van der Waals surface area contributed by atoms with Crippen molar-refractivity contribution in [2.75, 3.05) is 6.61 Å². The first-order valence-corrected chi connectivity index (χ1v) is 4.64. The van der Waals surface area contributed by atoms with Crippen molar-refractivity contribution in [2.45, 2.75) is 6.04 Å². The van der Waals surface area contributed by atoms with E-state index < -0.39 is 0 Å². The number of hydrogen-bond acceptors (Lipinski definition) is 2. The molecule has 1 aromatic carbocycles. The average Bonchev–Trinajstić information content (AvgIpc) is 2.42. The number of ether oxygens (including phenoxy) is 1. The molecule has 0 saturated carbocycles. The largest absolute Gasteiger partial charge is 0.488 e. The third-order valence-corrected chi connectivity index (χ3v) is 2.81. The van der Waals surface area contributed by atoms with Crippen molar-refractivity contribution in [1.29, 1.82) is 0 Å². The summed E-state index contributed by atoms with van der Waals surface area (Å²) in [5.74, 6) is 0.00719. The third-order valence-electron chi connectivity index (χ3n) is 1.87. The highest BCUT2D eigenvalue weighted by molar-refractivity contribution is 14.1. The highest BCUT2D eigenvalue weighted by Gasteiger charge is 2.26. The molecule has 0 aromatic heterocycles. The van der Waals surface area contributed by atoms with Gasteiger partial charge in [0.25, 0.3) is 0 Å². The number of nitrogens with two attached hydrogens (primary N) is 1. The second kappa shape index (κ2) is 2.85. The predicted octanol–water partition coefficient (Wildman–Crippen LogP) is 1.82. The van der Waals surface area contributed by atoms with Crippen LogP contribution in [0.5, 0.6) is 5.75 Å². The Hall–Kier alpha value is -0.360. The molecule has 1 aromatic rings. The minimum Gasteiger partial charge on any atom is -0.488 e. The van der Waals surface area contributed by atoms with E-state index in [1.165, 1.54) is 6.07 Å². The number of rotatable bonds is 0. The molecule has 0 aliphatic carbocycles. The van der Waals surface area contributed by atoms with Crippen LogP contribution in [0.2, 0.25) is 0 Å². The van der Waals surface area contributed by atoms with Crippen LogP contribution in [0.15, 0.2) is 12.1 Å². The summed E-state index contributed by atoms with van der Waals surface area (Å²) in [5, 5.41) is 0. The molecule has 0 unspecified atom stereocenters. The molecular formula is C8H7FINO. The van der Waals surface area contributed by atoms with Crippen molar-refractivity contribution >= 4 is 22.6 Å². The van der Waals surface area contributed by atoms with Crippen LogP contribution < -0.4 is 10.5 Å². The summed E-state index contributed by atoms with van der Waals surface area (Å²) in [5.41, 5.74) is 6.52. The van der Waals surface area contributed by atoms with Crippen molar-refractivity contribution in [2.24, 2.45) is 5.73 Å². The summed E-state index contributed by atoms with van der Waals surface area (Å²) in [6, 6.07) is 2.93. The molecule has 1 atom stereocenters. The summed E-state index contributed by atoms with van der Waals surface area (Å²) in [6.45, 7) is 0.381. The summed E-state index contributed by atoms with van der Waals surface area (Å²) in [4.78, 5) is 0. The highest BCUT2D eigenvalue weighted by atomic mass is 127. The Morgan fingerprint density at radius 3 is 3.00 bits per heavy atom. The van der Waals surface area contributed by atoms with Gasteiger partial charge in [-0.3, -0.25) is 0 Å². The zero-order chi connectivity index (χ0) is 8.72. The van der Waals surface area contributed by atoms with Gasteiger partial charge in [0.2, 0.25) is 0 Å². The Bertz CT molecular complexity index is 329. The molecule has 4 heteroatoms. The van der Waals surface area contributed by atoms with Crippen molar-refractivity contribution in [3.63, 3.8) is 0 Å². The monoisotopic (exact) mass is 279 g/mol. The first kappa shape index (κ1) is 8.25. The smallest absolute Gasteiger partial charge is 0.165 e. The van der Waals surface area contributed by atoms with Crippen LogP contribution in [0.25, 0.3) is 0 Å². The minimum absolute atomic E-state index is 0.178. The van der Waals surface area contributed by atoms with E-state index in [9.17, 15) is 4.39 Å². The third kappa shape index (κ3) is 1.09. The number of benzene rings is 1. The van der Waals surface area contributed by atoms with Gasteiger partial charge >= 0.3 is 0 Å². The molecule has 0 saturated heterocycles. The summed E-state index contributed by atoms with van der Waals surface area (Å²) in [7, 11) is 0. The summed E-state index contributed by atoms with van der Waals surface area (Å²) >= 11 is 2.13.